The van der Waals surface area contributed by atoms with E-state index in [1.165, 1.54) is 20.2 Å². The summed E-state index contributed by atoms with van der Waals surface area (Å²) < 4.78 is 2.60. The molecule has 0 saturated heterocycles. The maximum Gasteiger partial charge on any atom is 0.226 e. The first-order valence-corrected chi connectivity index (χ1v) is 11.4. The molecule has 0 unspecified atom stereocenters. The van der Waals surface area contributed by atoms with Gasteiger partial charge in [0, 0.05) is 31.3 Å². The number of aromatic nitrogens is 3. The maximum absolute atomic E-state index is 6.25. The standard InChI is InChI=1S/C27H16ClN3S/c28-27-30-25(17-7-2-1-3-8-17)29-26(31-27)20-10-6-9-18(15-20)19-13-14-24-22(16-19)21-11-4-5-12-23(21)32-24/h1-16H. The second kappa shape index (κ2) is 7.83. The van der Waals surface area contributed by atoms with Crippen LogP contribution in [-0.4, -0.2) is 15.0 Å². The van der Waals surface area contributed by atoms with Gasteiger partial charge < -0.3 is 0 Å². The summed E-state index contributed by atoms with van der Waals surface area (Å²) >= 11 is 8.08. The quantitative estimate of drug-likeness (QED) is 0.275. The lowest BCUT2D eigenvalue weighted by Crippen LogP contribution is -1.97. The lowest BCUT2D eigenvalue weighted by Gasteiger charge is -2.07. The van der Waals surface area contributed by atoms with E-state index in [0.29, 0.717) is 11.6 Å². The van der Waals surface area contributed by atoms with Gasteiger partial charge in [-0.25, -0.2) is 4.98 Å². The van der Waals surface area contributed by atoms with Crippen LogP contribution in [0.25, 0.3) is 54.1 Å². The largest absolute Gasteiger partial charge is 0.226 e. The van der Waals surface area contributed by atoms with E-state index < -0.39 is 0 Å². The van der Waals surface area contributed by atoms with Crippen molar-refractivity contribution in [3.8, 4) is 33.9 Å². The van der Waals surface area contributed by atoms with Crippen molar-refractivity contribution in [1.29, 1.82) is 0 Å². The Hall–Kier alpha value is -3.60. The molecule has 0 amide bonds. The third kappa shape index (κ3) is 3.44. The van der Waals surface area contributed by atoms with Crippen LogP contribution < -0.4 is 0 Å². The Bertz CT molecular complexity index is 1590. The van der Waals surface area contributed by atoms with Crippen LogP contribution in [0.15, 0.2) is 97.1 Å². The summed E-state index contributed by atoms with van der Waals surface area (Å²) in [5.41, 5.74) is 4.08. The van der Waals surface area contributed by atoms with Gasteiger partial charge in [0.1, 0.15) is 0 Å². The van der Waals surface area contributed by atoms with E-state index in [2.05, 4.69) is 69.5 Å². The molecule has 0 fully saturated rings. The fourth-order valence-electron chi connectivity index (χ4n) is 3.94. The fourth-order valence-corrected chi connectivity index (χ4v) is 5.19. The van der Waals surface area contributed by atoms with Crippen molar-refractivity contribution in [3.05, 3.63) is 102 Å². The van der Waals surface area contributed by atoms with Crippen molar-refractivity contribution in [2.24, 2.45) is 0 Å². The second-order valence-electron chi connectivity index (χ2n) is 7.51. The number of halogens is 1. The van der Waals surface area contributed by atoms with Gasteiger partial charge in [-0.1, -0.05) is 72.8 Å². The van der Waals surface area contributed by atoms with Crippen LogP contribution in [-0.2, 0) is 0 Å². The molecule has 6 aromatic rings. The van der Waals surface area contributed by atoms with Crippen molar-refractivity contribution >= 4 is 43.1 Å². The highest BCUT2D eigenvalue weighted by Crippen LogP contribution is 2.36. The number of nitrogens with zero attached hydrogens (tertiary/aromatic N) is 3. The van der Waals surface area contributed by atoms with Gasteiger partial charge in [0.05, 0.1) is 0 Å². The monoisotopic (exact) mass is 449 g/mol. The number of benzene rings is 4. The first-order valence-electron chi connectivity index (χ1n) is 10.2. The molecule has 0 aliphatic rings. The summed E-state index contributed by atoms with van der Waals surface area (Å²) in [5.74, 6) is 1.13. The molecule has 0 aliphatic heterocycles. The predicted molar refractivity (Wildman–Crippen MR) is 134 cm³/mol. The molecular weight excluding hydrogens is 434 g/mol. The van der Waals surface area contributed by atoms with Crippen molar-refractivity contribution in [2.45, 2.75) is 0 Å². The predicted octanol–water partition coefficient (Wildman–Crippen LogP) is 7.89. The molecule has 0 bridgehead atoms. The molecule has 2 aromatic heterocycles. The summed E-state index contributed by atoms with van der Waals surface area (Å²) in [6.07, 6.45) is 0. The molecule has 0 N–H and O–H groups in total. The molecule has 0 atom stereocenters. The fraction of sp³-hybridized carbons (Fsp3) is 0. The zero-order chi connectivity index (χ0) is 21.5. The topological polar surface area (TPSA) is 38.7 Å². The average molecular weight is 450 g/mol. The highest BCUT2D eigenvalue weighted by molar-refractivity contribution is 7.25. The molecule has 0 saturated carbocycles. The first kappa shape index (κ1) is 19.1. The highest BCUT2D eigenvalue weighted by atomic mass is 35.5. The van der Waals surface area contributed by atoms with Gasteiger partial charge >= 0.3 is 0 Å². The number of fused-ring (bicyclic) bond motifs is 3. The molecule has 5 heteroatoms. The molecule has 0 aliphatic carbocycles. The van der Waals surface area contributed by atoms with E-state index in [0.717, 1.165) is 22.3 Å². The van der Waals surface area contributed by atoms with Crippen LogP contribution in [0.3, 0.4) is 0 Å². The normalized spacial score (nSPS) is 11.3. The maximum atomic E-state index is 6.25. The van der Waals surface area contributed by atoms with Crippen LogP contribution in [0, 0.1) is 0 Å². The minimum absolute atomic E-state index is 0.186. The third-order valence-electron chi connectivity index (χ3n) is 5.47. The zero-order valence-corrected chi connectivity index (χ0v) is 18.4. The molecule has 152 valence electrons. The Morgan fingerprint density at radius 1 is 0.500 bits per heavy atom. The Morgan fingerprint density at radius 3 is 2.03 bits per heavy atom. The van der Waals surface area contributed by atoms with Crippen LogP contribution in [0.5, 0.6) is 0 Å². The molecule has 0 radical (unpaired) electrons. The smallest absolute Gasteiger partial charge is 0.208 e. The molecule has 0 spiro atoms. The Morgan fingerprint density at radius 2 is 1.16 bits per heavy atom. The molecular formula is C27H16ClN3S. The van der Waals surface area contributed by atoms with Crippen molar-refractivity contribution in [3.63, 3.8) is 0 Å². The number of rotatable bonds is 3. The molecule has 3 nitrogen and oxygen atoms in total. The summed E-state index contributed by atoms with van der Waals surface area (Å²) in [6, 6.07) is 33.2. The lowest BCUT2D eigenvalue weighted by atomic mass is 10.0. The van der Waals surface area contributed by atoms with Gasteiger partial charge in [-0.15, -0.1) is 11.3 Å². The van der Waals surface area contributed by atoms with Crippen molar-refractivity contribution in [1.82, 2.24) is 15.0 Å². The van der Waals surface area contributed by atoms with E-state index in [4.69, 9.17) is 11.6 Å². The Balaban J connectivity index is 1.45. The zero-order valence-electron chi connectivity index (χ0n) is 16.9. The molecule has 4 aromatic carbocycles. The minimum Gasteiger partial charge on any atom is -0.208 e. The van der Waals surface area contributed by atoms with Crippen molar-refractivity contribution < 1.29 is 0 Å². The first-order chi connectivity index (χ1) is 15.7. The molecule has 32 heavy (non-hydrogen) atoms. The van der Waals surface area contributed by atoms with E-state index >= 15 is 0 Å². The third-order valence-corrected chi connectivity index (χ3v) is 6.79. The van der Waals surface area contributed by atoms with E-state index in [1.54, 1.807) is 0 Å². The minimum atomic E-state index is 0.186. The highest BCUT2D eigenvalue weighted by Gasteiger charge is 2.11. The lowest BCUT2D eigenvalue weighted by molar-refractivity contribution is 1.07. The van der Waals surface area contributed by atoms with E-state index in [-0.39, 0.29) is 5.28 Å². The van der Waals surface area contributed by atoms with Gasteiger partial charge in [-0.05, 0) is 47.0 Å². The van der Waals surface area contributed by atoms with Gasteiger partial charge in [0.2, 0.25) is 5.28 Å². The van der Waals surface area contributed by atoms with Crippen LogP contribution in [0.4, 0.5) is 0 Å². The summed E-state index contributed by atoms with van der Waals surface area (Å²) in [4.78, 5) is 13.4. The summed E-state index contributed by atoms with van der Waals surface area (Å²) in [5, 5.41) is 2.76. The Kier molecular flexibility index (Phi) is 4.67. The molecule has 6 rings (SSSR count). The van der Waals surface area contributed by atoms with Crippen LogP contribution >= 0.6 is 22.9 Å². The Labute approximate surface area is 194 Å². The SMILES string of the molecule is Clc1nc(-c2ccccc2)nc(-c2cccc(-c3ccc4sc5ccccc5c4c3)c2)n1. The van der Waals surface area contributed by atoms with Gasteiger partial charge in [0.25, 0.3) is 0 Å². The summed E-state index contributed by atoms with van der Waals surface area (Å²) in [6.45, 7) is 0. The van der Waals surface area contributed by atoms with Gasteiger partial charge in [-0.3, -0.25) is 0 Å². The summed E-state index contributed by atoms with van der Waals surface area (Å²) in [7, 11) is 0. The molecule has 2 heterocycles. The number of hydrogen-bond donors (Lipinski definition) is 0. The average Bonchev–Trinajstić information content (AvgIpc) is 3.22. The van der Waals surface area contributed by atoms with Crippen LogP contribution in [0.1, 0.15) is 0 Å². The van der Waals surface area contributed by atoms with E-state index in [1.807, 2.05) is 53.8 Å². The van der Waals surface area contributed by atoms with Gasteiger partial charge in [0.15, 0.2) is 11.6 Å². The number of thiophene rings is 1. The van der Waals surface area contributed by atoms with E-state index in [9.17, 15) is 0 Å². The second-order valence-corrected chi connectivity index (χ2v) is 8.93. The van der Waals surface area contributed by atoms with Crippen LogP contribution in [0.2, 0.25) is 5.28 Å². The van der Waals surface area contributed by atoms with Crippen molar-refractivity contribution in [2.75, 3.05) is 0 Å². The van der Waals surface area contributed by atoms with Gasteiger partial charge in [-0.2, -0.15) is 9.97 Å². The number of hydrogen-bond acceptors (Lipinski definition) is 4.